The van der Waals surface area contributed by atoms with E-state index < -0.39 is 0 Å². The van der Waals surface area contributed by atoms with Crippen LogP contribution in [0.15, 0.2) is 79.4 Å². The van der Waals surface area contributed by atoms with E-state index in [4.69, 9.17) is 0 Å². The van der Waals surface area contributed by atoms with Crippen molar-refractivity contribution in [1.82, 2.24) is 0 Å². The van der Waals surface area contributed by atoms with Gasteiger partial charge in [-0.25, -0.2) is 0 Å². The molecular formula is C26H28O. The van der Waals surface area contributed by atoms with Gasteiger partial charge in [0.05, 0.1) is 6.10 Å². The summed E-state index contributed by atoms with van der Waals surface area (Å²) in [5.41, 5.74) is 4.99. The maximum atomic E-state index is 9.28. The smallest absolute Gasteiger partial charge is 0.0512 e. The van der Waals surface area contributed by atoms with Gasteiger partial charge < -0.3 is 5.11 Å². The molecule has 0 aliphatic rings. The van der Waals surface area contributed by atoms with Crippen molar-refractivity contribution in [3.8, 4) is 11.1 Å². The first kappa shape index (κ1) is 19.1. The van der Waals surface area contributed by atoms with Gasteiger partial charge in [0.2, 0.25) is 0 Å². The minimum atomic E-state index is -0.201. The van der Waals surface area contributed by atoms with E-state index in [1.54, 1.807) is 0 Å². The molecule has 27 heavy (non-hydrogen) atoms. The molecule has 1 atom stereocenters. The first-order valence-corrected chi connectivity index (χ1v) is 9.74. The summed E-state index contributed by atoms with van der Waals surface area (Å²) in [5.74, 6) is 0. The van der Waals surface area contributed by atoms with Crippen LogP contribution in [0.25, 0.3) is 28.0 Å². The van der Waals surface area contributed by atoms with Crippen molar-refractivity contribution in [3.63, 3.8) is 0 Å². The Balaban J connectivity index is 1.70. The molecule has 3 rings (SSSR count). The van der Waals surface area contributed by atoms with Gasteiger partial charge in [0.25, 0.3) is 0 Å². The number of aliphatic hydroxyl groups excluding tert-OH is 1. The van der Waals surface area contributed by atoms with E-state index in [0.717, 1.165) is 25.7 Å². The molecule has 138 valence electrons. The normalized spacial score (nSPS) is 12.5. The van der Waals surface area contributed by atoms with Crippen LogP contribution in [0.4, 0.5) is 0 Å². The minimum absolute atomic E-state index is 0.201. The third-order valence-electron chi connectivity index (χ3n) is 4.83. The summed E-state index contributed by atoms with van der Waals surface area (Å²) in [6, 6.07) is 22.0. The average Bonchev–Trinajstić information content (AvgIpc) is 2.68. The highest BCUT2D eigenvalue weighted by atomic mass is 16.3. The molecule has 1 nitrogen and oxygen atoms in total. The van der Waals surface area contributed by atoms with Gasteiger partial charge in [0.15, 0.2) is 0 Å². The van der Waals surface area contributed by atoms with Crippen LogP contribution in [0.2, 0.25) is 0 Å². The Morgan fingerprint density at radius 3 is 2.37 bits per heavy atom. The van der Waals surface area contributed by atoms with Crippen LogP contribution in [0, 0.1) is 0 Å². The molecule has 0 saturated carbocycles. The second-order valence-corrected chi connectivity index (χ2v) is 7.19. The Labute approximate surface area is 162 Å². The van der Waals surface area contributed by atoms with E-state index in [0.29, 0.717) is 0 Å². The molecule has 3 aromatic rings. The monoisotopic (exact) mass is 356 g/mol. The van der Waals surface area contributed by atoms with E-state index in [-0.39, 0.29) is 6.10 Å². The molecular weight excluding hydrogens is 328 g/mol. The second kappa shape index (κ2) is 9.34. The zero-order chi connectivity index (χ0) is 19.1. The standard InChI is InChI=1S/C26H28O/c1-3-7-22-12-15-26-19-25(17-16-24(26)18-22)23-13-10-21(11-14-23)9-6-4-5-8-20(2)27/h3,6,9-20,27H,1,4-5,7-8H2,2H3/b9-6+. The van der Waals surface area contributed by atoms with Gasteiger partial charge in [-0.1, -0.05) is 72.8 Å². The van der Waals surface area contributed by atoms with Crippen LogP contribution < -0.4 is 0 Å². The maximum absolute atomic E-state index is 9.28. The summed E-state index contributed by atoms with van der Waals surface area (Å²) in [4.78, 5) is 0. The predicted molar refractivity (Wildman–Crippen MR) is 118 cm³/mol. The van der Waals surface area contributed by atoms with E-state index in [1.807, 2.05) is 13.0 Å². The molecule has 0 saturated heterocycles. The highest BCUT2D eigenvalue weighted by Crippen LogP contribution is 2.26. The SMILES string of the molecule is C=CCc1ccc2cc(-c3ccc(/C=C/CCCC(C)O)cc3)ccc2c1. The van der Waals surface area contributed by atoms with Crippen molar-refractivity contribution in [3.05, 3.63) is 90.5 Å². The number of hydrogen-bond donors (Lipinski definition) is 1. The molecule has 0 amide bonds. The largest absolute Gasteiger partial charge is 0.393 e. The van der Waals surface area contributed by atoms with Gasteiger partial charge in [-0.3, -0.25) is 0 Å². The fourth-order valence-corrected chi connectivity index (χ4v) is 3.31. The second-order valence-electron chi connectivity index (χ2n) is 7.19. The summed E-state index contributed by atoms with van der Waals surface area (Å²) in [6.45, 7) is 5.66. The van der Waals surface area contributed by atoms with Crippen LogP contribution in [-0.2, 0) is 6.42 Å². The van der Waals surface area contributed by atoms with Crippen LogP contribution >= 0.6 is 0 Å². The van der Waals surface area contributed by atoms with Gasteiger partial charge in [-0.15, -0.1) is 6.58 Å². The molecule has 0 bridgehead atoms. The average molecular weight is 357 g/mol. The zero-order valence-electron chi connectivity index (χ0n) is 16.1. The first-order valence-electron chi connectivity index (χ1n) is 9.74. The Kier molecular flexibility index (Phi) is 6.62. The lowest BCUT2D eigenvalue weighted by atomic mass is 9.98. The maximum Gasteiger partial charge on any atom is 0.0512 e. The van der Waals surface area contributed by atoms with Gasteiger partial charge in [-0.05, 0) is 71.7 Å². The lowest BCUT2D eigenvalue weighted by Gasteiger charge is -2.06. The highest BCUT2D eigenvalue weighted by molar-refractivity contribution is 5.88. The van der Waals surface area contributed by atoms with Crippen molar-refractivity contribution >= 4 is 16.8 Å². The fraction of sp³-hybridized carbons (Fsp3) is 0.231. The molecule has 0 spiro atoms. The molecule has 3 aromatic carbocycles. The molecule has 0 aliphatic heterocycles. The number of rotatable bonds is 8. The molecule has 1 N–H and O–H groups in total. The summed E-state index contributed by atoms with van der Waals surface area (Å²) in [6.07, 6.45) is 9.89. The number of hydrogen-bond acceptors (Lipinski definition) is 1. The summed E-state index contributed by atoms with van der Waals surface area (Å²) in [5, 5.41) is 11.8. The lowest BCUT2D eigenvalue weighted by Crippen LogP contribution is -1.97. The van der Waals surface area contributed by atoms with Crippen molar-refractivity contribution in [2.75, 3.05) is 0 Å². The van der Waals surface area contributed by atoms with E-state index in [9.17, 15) is 5.11 Å². The minimum Gasteiger partial charge on any atom is -0.393 e. The van der Waals surface area contributed by atoms with Gasteiger partial charge in [0.1, 0.15) is 0 Å². The van der Waals surface area contributed by atoms with Crippen LogP contribution in [0.3, 0.4) is 0 Å². The number of benzene rings is 3. The Hall–Kier alpha value is -2.64. The molecule has 0 fully saturated rings. The molecule has 1 unspecified atom stereocenters. The Morgan fingerprint density at radius 2 is 1.63 bits per heavy atom. The first-order chi connectivity index (χ1) is 13.2. The van der Waals surface area contributed by atoms with Crippen LogP contribution in [0.5, 0.6) is 0 Å². The summed E-state index contributed by atoms with van der Waals surface area (Å²) < 4.78 is 0. The zero-order valence-corrected chi connectivity index (χ0v) is 16.1. The van der Waals surface area contributed by atoms with Crippen LogP contribution in [-0.4, -0.2) is 11.2 Å². The molecule has 1 heteroatoms. The molecule has 0 heterocycles. The summed E-state index contributed by atoms with van der Waals surface area (Å²) >= 11 is 0. The number of aliphatic hydroxyl groups is 1. The number of allylic oxidation sites excluding steroid dienone is 2. The number of fused-ring (bicyclic) bond motifs is 1. The number of unbranched alkanes of at least 4 members (excludes halogenated alkanes) is 1. The quantitative estimate of drug-likeness (QED) is 0.347. The predicted octanol–water partition coefficient (Wildman–Crippen LogP) is 6.80. The van der Waals surface area contributed by atoms with E-state index in [1.165, 1.54) is 33.0 Å². The van der Waals surface area contributed by atoms with Crippen molar-refractivity contribution in [2.24, 2.45) is 0 Å². The molecule has 0 aliphatic carbocycles. The van der Waals surface area contributed by atoms with Crippen molar-refractivity contribution in [2.45, 2.75) is 38.7 Å². The third kappa shape index (κ3) is 5.42. The van der Waals surface area contributed by atoms with Gasteiger partial charge in [0, 0.05) is 0 Å². The van der Waals surface area contributed by atoms with E-state index >= 15 is 0 Å². The van der Waals surface area contributed by atoms with Gasteiger partial charge >= 0.3 is 0 Å². The Bertz CT molecular complexity index is 917. The topological polar surface area (TPSA) is 20.2 Å². The van der Waals surface area contributed by atoms with Crippen molar-refractivity contribution in [1.29, 1.82) is 0 Å². The van der Waals surface area contributed by atoms with Crippen LogP contribution in [0.1, 0.15) is 37.3 Å². The summed E-state index contributed by atoms with van der Waals surface area (Å²) in [7, 11) is 0. The Morgan fingerprint density at radius 1 is 0.926 bits per heavy atom. The lowest BCUT2D eigenvalue weighted by molar-refractivity contribution is 0.182. The molecule has 0 aromatic heterocycles. The molecule has 0 radical (unpaired) electrons. The van der Waals surface area contributed by atoms with Crippen molar-refractivity contribution < 1.29 is 5.11 Å². The van der Waals surface area contributed by atoms with Gasteiger partial charge in [-0.2, -0.15) is 0 Å². The highest BCUT2D eigenvalue weighted by Gasteiger charge is 2.01. The fourth-order valence-electron chi connectivity index (χ4n) is 3.31. The van der Waals surface area contributed by atoms with E-state index in [2.05, 4.69) is 79.4 Å². The third-order valence-corrected chi connectivity index (χ3v) is 4.83.